The van der Waals surface area contributed by atoms with Crippen LogP contribution in [0.5, 0.6) is 0 Å². The van der Waals surface area contributed by atoms with Crippen LogP contribution in [-0.2, 0) is 4.74 Å². The Bertz CT molecular complexity index is 182. The van der Waals surface area contributed by atoms with Crippen LogP contribution in [0, 0.1) is 17.8 Å². The van der Waals surface area contributed by atoms with E-state index in [0.717, 1.165) is 24.4 Å². The molecule has 1 aliphatic rings. The zero-order chi connectivity index (χ0) is 12.0. The lowest BCUT2D eigenvalue weighted by Crippen LogP contribution is -2.28. The van der Waals surface area contributed by atoms with Gasteiger partial charge in [-0.15, -0.1) is 11.6 Å². The van der Waals surface area contributed by atoms with Crippen LogP contribution in [0.25, 0.3) is 0 Å². The SMILES string of the molecule is COCCCCC1CC(C(C)C)CCC1Cl. The summed E-state index contributed by atoms with van der Waals surface area (Å²) in [6.07, 6.45) is 7.65. The van der Waals surface area contributed by atoms with Gasteiger partial charge in [0.05, 0.1) is 0 Å². The minimum Gasteiger partial charge on any atom is -0.385 e. The van der Waals surface area contributed by atoms with Crippen molar-refractivity contribution in [1.29, 1.82) is 0 Å². The van der Waals surface area contributed by atoms with E-state index in [1.54, 1.807) is 7.11 Å². The Kier molecular flexibility index (Phi) is 6.75. The van der Waals surface area contributed by atoms with Gasteiger partial charge in [0.15, 0.2) is 0 Å². The van der Waals surface area contributed by atoms with E-state index < -0.39 is 0 Å². The number of unbranched alkanes of at least 4 members (excludes halogenated alkanes) is 1. The van der Waals surface area contributed by atoms with Crippen LogP contribution < -0.4 is 0 Å². The van der Waals surface area contributed by atoms with Crippen molar-refractivity contribution < 1.29 is 4.74 Å². The summed E-state index contributed by atoms with van der Waals surface area (Å²) in [5.41, 5.74) is 0. The average molecular weight is 247 g/mol. The Balaban J connectivity index is 2.26. The second-order valence-electron chi connectivity index (χ2n) is 5.58. The predicted octanol–water partition coefficient (Wildman–Crippen LogP) is 4.48. The fraction of sp³-hybridized carbons (Fsp3) is 1.00. The highest BCUT2D eigenvalue weighted by Crippen LogP contribution is 2.38. The molecule has 0 aromatic rings. The van der Waals surface area contributed by atoms with Crippen LogP contribution in [0.15, 0.2) is 0 Å². The first-order valence-electron chi connectivity index (χ1n) is 6.78. The normalized spacial score (nSPS) is 30.9. The molecule has 0 saturated heterocycles. The van der Waals surface area contributed by atoms with Crippen molar-refractivity contribution in [3.8, 4) is 0 Å². The van der Waals surface area contributed by atoms with Gasteiger partial charge in [0.2, 0.25) is 0 Å². The molecule has 1 nitrogen and oxygen atoms in total. The standard InChI is InChI=1S/C14H27ClO/c1-11(2)12-7-8-14(15)13(10-12)6-4-5-9-16-3/h11-14H,4-10H2,1-3H3. The molecule has 1 saturated carbocycles. The van der Waals surface area contributed by atoms with E-state index in [-0.39, 0.29) is 0 Å². The summed E-state index contributed by atoms with van der Waals surface area (Å²) in [6.45, 7) is 5.59. The Morgan fingerprint density at radius 2 is 2.00 bits per heavy atom. The molecule has 16 heavy (non-hydrogen) atoms. The lowest BCUT2D eigenvalue weighted by Gasteiger charge is -2.35. The molecule has 1 fully saturated rings. The number of alkyl halides is 1. The maximum Gasteiger partial charge on any atom is 0.0462 e. The maximum atomic E-state index is 6.43. The number of rotatable bonds is 6. The van der Waals surface area contributed by atoms with Gasteiger partial charge in [0, 0.05) is 19.1 Å². The quantitative estimate of drug-likeness (QED) is 0.496. The van der Waals surface area contributed by atoms with Crippen LogP contribution in [-0.4, -0.2) is 19.1 Å². The second-order valence-corrected chi connectivity index (χ2v) is 6.14. The summed E-state index contributed by atoms with van der Waals surface area (Å²) < 4.78 is 5.08. The Morgan fingerprint density at radius 3 is 2.62 bits per heavy atom. The molecule has 0 N–H and O–H groups in total. The number of methoxy groups -OCH3 is 1. The van der Waals surface area contributed by atoms with Gasteiger partial charge in [0.25, 0.3) is 0 Å². The smallest absolute Gasteiger partial charge is 0.0462 e. The summed E-state index contributed by atoms with van der Waals surface area (Å²) >= 11 is 6.43. The van der Waals surface area contributed by atoms with Gasteiger partial charge in [-0.2, -0.15) is 0 Å². The monoisotopic (exact) mass is 246 g/mol. The van der Waals surface area contributed by atoms with Crippen molar-refractivity contribution in [2.75, 3.05) is 13.7 Å². The lowest BCUT2D eigenvalue weighted by atomic mass is 9.74. The minimum absolute atomic E-state index is 0.428. The van der Waals surface area contributed by atoms with Gasteiger partial charge >= 0.3 is 0 Å². The molecule has 2 heteroatoms. The highest BCUT2D eigenvalue weighted by Gasteiger charge is 2.29. The third kappa shape index (κ3) is 4.63. The molecule has 96 valence electrons. The van der Waals surface area contributed by atoms with Gasteiger partial charge in [-0.25, -0.2) is 0 Å². The summed E-state index contributed by atoms with van der Waals surface area (Å²) in [5.74, 6) is 2.48. The maximum absolute atomic E-state index is 6.43. The van der Waals surface area contributed by atoms with Gasteiger partial charge < -0.3 is 4.74 Å². The number of halogens is 1. The van der Waals surface area contributed by atoms with Crippen molar-refractivity contribution in [2.24, 2.45) is 17.8 Å². The van der Waals surface area contributed by atoms with Gasteiger partial charge in [-0.05, 0) is 49.9 Å². The van der Waals surface area contributed by atoms with Crippen LogP contribution in [0.2, 0.25) is 0 Å². The van der Waals surface area contributed by atoms with Crippen LogP contribution in [0.3, 0.4) is 0 Å². The first-order chi connectivity index (χ1) is 7.65. The first-order valence-corrected chi connectivity index (χ1v) is 7.21. The average Bonchev–Trinajstić information content (AvgIpc) is 2.26. The lowest BCUT2D eigenvalue weighted by molar-refractivity contribution is 0.179. The molecule has 0 radical (unpaired) electrons. The summed E-state index contributed by atoms with van der Waals surface area (Å²) in [5, 5.41) is 0.428. The Hall–Kier alpha value is 0.250. The topological polar surface area (TPSA) is 9.23 Å². The summed E-state index contributed by atoms with van der Waals surface area (Å²) in [6, 6.07) is 0. The molecule has 0 aromatic carbocycles. The Labute approximate surface area is 106 Å². The highest BCUT2D eigenvalue weighted by atomic mass is 35.5. The van der Waals surface area contributed by atoms with Crippen LogP contribution >= 0.6 is 11.6 Å². The molecule has 1 aliphatic carbocycles. The van der Waals surface area contributed by atoms with Gasteiger partial charge in [-0.3, -0.25) is 0 Å². The summed E-state index contributed by atoms with van der Waals surface area (Å²) in [4.78, 5) is 0. The van der Waals surface area contributed by atoms with Crippen molar-refractivity contribution in [2.45, 2.75) is 57.7 Å². The van der Waals surface area contributed by atoms with Gasteiger partial charge in [0.1, 0.15) is 0 Å². The number of hydrogen-bond donors (Lipinski definition) is 0. The predicted molar refractivity (Wildman–Crippen MR) is 71.0 cm³/mol. The fourth-order valence-corrected chi connectivity index (χ4v) is 3.18. The van der Waals surface area contributed by atoms with Gasteiger partial charge in [-0.1, -0.05) is 20.3 Å². The second kappa shape index (κ2) is 7.55. The molecule has 0 aliphatic heterocycles. The van der Waals surface area contributed by atoms with Crippen LogP contribution in [0.4, 0.5) is 0 Å². The van der Waals surface area contributed by atoms with Crippen molar-refractivity contribution in [1.82, 2.24) is 0 Å². The van der Waals surface area contributed by atoms with E-state index in [2.05, 4.69) is 13.8 Å². The number of hydrogen-bond acceptors (Lipinski definition) is 1. The third-order valence-electron chi connectivity index (χ3n) is 4.05. The fourth-order valence-electron chi connectivity index (χ4n) is 2.82. The van der Waals surface area contributed by atoms with E-state index in [9.17, 15) is 0 Å². The molecule has 0 spiro atoms. The molecule has 1 rings (SSSR count). The van der Waals surface area contributed by atoms with E-state index in [1.807, 2.05) is 0 Å². The van der Waals surface area contributed by atoms with Crippen molar-refractivity contribution in [3.05, 3.63) is 0 Å². The molecule has 0 heterocycles. The molecule has 3 atom stereocenters. The van der Waals surface area contributed by atoms with E-state index in [1.165, 1.54) is 38.5 Å². The van der Waals surface area contributed by atoms with E-state index in [0.29, 0.717) is 5.38 Å². The zero-order valence-electron chi connectivity index (χ0n) is 11.0. The molecule has 3 unspecified atom stereocenters. The highest BCUT2D eigenvalue weighted by molar-refractivity contribution is 6.20. The molecule has 0 aromatic heterocycles. The van der Waals surface area contributed by atoms with Crippen LogP contribution in [0.1, 0.15) is 52.4 Å². The van der Waals surface area contributed by atoms with Crippen molar-refractivity contribution >= 4 is 11.6 Å². The first kappa shape index (κ1) is 14.3. The molecular formula is C14H27ClO. The Morgan fingerprint density at radius 1 is 1.25 bits per heavy atom. The molecular weight excluding hydrogens is 220 g/mol. The molecule has 0 bridgehead atoms. The largest absolute Gasteiger partial charge is 0.385 e. The van der Waals surface area contributed by atoms with E-state index >= 15 is 0 Å². The third-order valence-corrected chi connectivity index (χ3v) is 4.62. The molecule has 0 amide bonds. The number of ether oxygens (including phenoxy) is 1. The van der Waals surface area contributed by atoms with Crippen molar-refractivity contribution in [3.63, 3.8) is 0 Å². The minimum atomic E-state index is 0.428. The summed E-state index contributed by atoms with van der Waals surface area (Å²) in [7, 11) is 1.78. The zero-order valence-corrected chi connectivity index (χ0v) is 11.8. The van der Waals surface area contributed by atoms with E-state index in [4.69, 9.17) is 16.3 Å².